The Balaban J connectivity index is 1.83. The Labute approximate surface area is 176 Å². The van der Waals surface area contributed by atoms with Crippen molar-refractivity contribution in [2.24, 2.45) is 0 Å². The van der Waals surface area contributed by atoms with E-state index in [4.69, 9.17) is 9.47 Å². The molecule has 30 heavy (non-hydrogen) atoms. The largest absolute Gasteiger partial charge is 0.379 e. The van der Waals surface area contributed by atoms with Gasteiger partial charge in [0.25, 0.3) is 5.56 Å². The van der Waals surface area contributed by atoms with Crippen molar-refractivity contribution < 1.29 is 9.47 Å². The van der Waals surface area contributed by atoms with Gasteiger partial charge in [-0.1, -0.05) is 30.9 Å². The maximum absolute atomic E-state index is 12.4. The fourth-order valence-electron chi connectivity index (χ4n) is 3.51. The van der Waals surface area contributed by atoms with Gasteiger partial charge in [0, 0.05) is 42.9 Å². The van der Waals surface area contributed by atoms with E-state index in [9.17, 15) is 9.59 Å². The summed E-state index contributed by atoms with van der Waals surface area (Å²) in [5.41, 5.74) is 2.45. The summed E-state index contributed by atoms with van der Waals surface area (Å²) in [7, 11) is 0. The smallest absolute Gasteiger partial charge is 0.330 e. The molecule has 1 N–H and O–H groups in total. The van der Waals surface area contributed by atoms with E-state index in [1.165, 1.54) is 4.57 Å². The first-order chi connectivity index (χ1) is 14.6. The number of hydrogen-bond acceptors (Lipinski definition) is 5. The van der Waals surface area contributed by atoms with Crippen LogP contribution in [0.15, 0.2) is 33.9 Å². The fraction of sp³-hybridized carbons (Fsp3) is 0.478. The molecule has 0 bridgehead atoms. The van der Waals surface area contributed by atoms with Crippen LogP contribution in [0.5, 0.6) is 0 Å². The lowest BCUT2D eigenvalue weighted by Gasteiger charge is -2.24. The lowest BCUT2D eigenvalue weighted by atomic mass is 10.0. The molecule has 1 aliphatic heterocycles. The van der Waals surface area contributed by atoms with E-state index in [-0.39, 0.29) is 12.3 Å². The number of H-pyrrole nitrogens is 1. The topological polar surface area (TPSA) is 76.6 Å². The predicted molar refractivity (Wildman–Crippen MR) is 116 cm³/mol. The van der Waals surface area contributed by atoms with E-state index in [1.807, 2.05) is 38.1 Å². The Morgan fingerprint density at radius 1 is 1.20 bits per heavy atom. The average Bonchev–Trinajstić information content (AvgIpc) is 2.75. The molecule has 0 spiro atoms. The highest BCUT2D eigenvalue weighted by Gasteiger charge is 2.14. The molecule has 1 aliphatic rings. The lowest BCUT2D eigenvalue weighted by molar-refractivity contribution is 0.0443. The number of aromatic amines is 1. The summed E-state index contributed by atoms with van der Waals surface area (Å²) in [5, 5.41) is 0. The molecule has 0 radical (unpaired) electrons. The Kier molecular flexibility index (Phi) is 8.03. The van der Waals surface area contributed by atoms with Crippen molar-refractivity contribution in [2.75, 3.05) is 39.5 Å². The summed E-state index contributed by atoms with van der Waals surface area (Å²) in [6.07, 6.45) is 1.00. The molecule has 1 aromatic carbocycles. The van der Waals surface area contributed by atoms with Crippen LogP contribution in [0, 0.1) is 11.8 Å². The minimum absolute atomic E-state index is 0.119. The lowest BCUT2D eigenvalue weighted by Crippen LogP contribution is -2.36. The molecule has 0 aliphatic carbocycles. The van der Waals surface area contributed by atoms with Gasteiger partial charge in [-0.2, -0.15) is 0 Å². The average molecular weight is 412 g/mol. The first kappa shape index (κ1) is 22.0. The third-order valence-electron chi connectivity index (χ3n) is 5.13. The number of benzene rings is 1. The van der Waals surface area contributed by atoms with Crippen LogP contribution in [0.4, 0.5) is 0 Å². The molecular formula is C23H29N3O4. The normalized spacial score (nSPS) is 14.3. The number of nitrogens with one attached hydrogen (secondary N) is 1. The molecule has 1 fully saturated rings. The van der Waals surface area contributed by atoms with Crippen molar-refractivity contribution in [3.05, 3.63) is 67.5 Å². The molecule has 0 unspecified atom stereocenters. The predicted octanol–water partition coefficient (Wildman–Crippen LogP) is 1.37. The molecular weight excluding hydrogens is 382 g/mol. The highest BCUT2D eigenvalue weighted by atomic mass is 16.5. The van der Waals surface area contributed by atoms with Crippen LogP contribution in [0.1, 0.15) is 36.2 Å². The van der Waals surface area contributed by atoms with Crippen molar-refractivity contribution in [1.29, 1.82) is 0 Å². The highest BCUT2D eigenvalue weighted by molar-refractivity contribution is 5.39. The highest BCUT2D eigenvalue weighted by Crippen LogP contribution is 2.13. The van der Waals surface area contributed by atoms with Gasteiger partial charge in [0.1, 0.15) is 6.73 Å². The van der Waals surface area contributed by atoms with Gasteiger partial charge in [-0.25, -0.2) is 4.79 Å². The second-order valence-corrected chi connectivity index (χ2v) is 7.16. The Hall–Kier alpha value is -2.66. The summed E-state index contributed by atoms with van der Waals surface area (Å²) in [6.45, 7) is 8.45. The summed E-state index contributed by atoms with van der Waals surface area (Å²) >= 11 is 0. The number of ether oxygens (including phenoxy) is 2. The SMILES string of the molecule is CCOCn1c(Cc2cccc(C#CCN3CCOCC3)c2)c(CC)c(=O)[nH]c1=O. The van der Waals surface area contributed by atoms with Crippen molar-refractivity contribution in [2.45, 2.75) is 33.4 Å². The number of nitrogens with zero attached hydrogens (tertiary/aromatic N) is 2. The molecule has 3 rings (SSSR count). The van der Waals surface area contributed by atoms with Crippen molar-refractivity contribution in [1.82, 2.24) is 14.5 Å². The maximum atomic E-state index is 12.4. The number of rotatable bonds is 7. The van der Waals surface area contributed by atoms with Gasteiger partial charge >= 0.3 is 5.69 Å². The Bertz CT molecular complexity index is 1020. The van der Waals surface area contributed by atoms with Crippen LogP contribution in [0.25, 0.3) is 0 Å². The first-order valence-corrected chi connectivity index (χ1v) is 10.4. The second-order valence-electron chi connectivity index (χ2n) is 7.16. The van der Waals surface area contributed by atoms with Gasteiger partial charge in [-0.3, -0.25) is 19.2 Å². The molecule has 1 aromatic heterocycles. The molecule has 7 nitrogen and oxygen atoms in total. The van der Waals surface area contributed by atoms with Crippen LogP contribution in [0.2, 0.25) is 0 Å². The minimum Gasteiger partial charge on any atom is -0.379 e. The van der Waals surface area contributed by atoms with E-state index < -0.39 is 5.69 Å². The molecule has 2 heterocycles. The van der Waals surface area contributed by atoms with E-state index in [1.54, 1.807) is 0 Å². The van der Waals surface area contributed by atoms with Crippen LogP contribution in [0.3, 0.4) is 0 Å². The van der Waals surface area contributed by atoms with Gasteiger partial charge in [0.05, 0.1) is 19.8 Å². The van der Waals surface area contributed by atoms with Crippen LogP contribution >= 0.6 is 0 Å². The second kappa shape index (κ2) is 10.9. The summed E-state index contributed by atoms with van der Waals surface area (Å²) < 4.78 is 12.3. The summed E-state index contributed by atoms with van der Waals surface area (Å²) in [6, 6.07) is 7.94. The van der Waals surface area contributed by atoms with Crippen molar-refractivity contribution in [3.63, 3.8) is 0 Å². The van der Waals surface area contributed by atoms with Crippen molar-refractivity contribution in [3.8, 4) is 11.8 Å². The number of morpholine rings is 1. The van der Waals surface area contributed by atoms with Crippen LogP contribution in [-0.4, -0.2) is 53.9 Å². The van der Waals surface area contributed by atoms with Crippen molar-refractivity contribution >= 4 is 0 Å². The van der Waals surface area contributed by atoms with Crippen LogP contribution < -0.4 is 11.2 Å². The number of aromatic nitrogens is 2. The zero-order valence-electron chi connectivity index (χ0n) is 17.7. The summed E-state index contributed by atoms with van der Waals surface area (Å²) in [4.78, 5) is 29.4. The molecule has 0 saturated carbocycles. The Morgan fingerprint density at radius 2 is 2.00 bits per heavy atom. The van der Waals surface area contributed by atoms with Gasteiger partial charge in [0.15, 0.2) is 0 Å². The zero-order chi connectivity index (χ0) is 21.3. The third-order valence-corrected chi connectivity index (χ3v) is 5.13. The van der Waals surface area contributed by atoms with E-state index in [2.05, 4.69) is 21.7 Å². The van der Waals surface area contributed by atoms with Gasteiger partial charge in [0.2, 0.25) is 0 Å². The summed E-state index contributed by atoms with van der Waals surface area (Å²) in [5.74, 6) is 6.46. The fourth-order valence-corrected chi connectivity index (χ4v) is 3.51. The number of hydrogen-bond donors (Lipinski definition) is 1. The molecule has 1 saturated heterocycles. The van der Waals surface area contributed by atoms with Gasteiger partial charge in [-0.05, 0) is 31.0 Å². The van der Waals surface area contributed by atoms with Crippen LogP contribution in [-0.2, 0) is 29.0 Å². The molecule has 160 valence electrons. The Morgan fingerprint density at radius 3 is 2.73 bits per heavy atom. The molecule has 2 aromatic rings. The molecule has 7 heteroatoms. The van der Waals surface area contributed by atoms with E-state index >= 15 is 0 Å². The maximum Gasteiger partial charge on any atom is 0.330 e. The zero-order valence-corrected chi connectivity index (χ0v) is 17.7. The van der Waals surface area contributed by atoms with E-state index in [0.717, 1.165) is 44.0 Å². The quantitative estimate of drug-likeness (QED) is 0.697. The third kappa shape index (κ3) is 5.70. The molecule has 0 amide bonds. The standard InChI is InChI=1S/C23H29N3O4/c1-3-20-21(26(17-29-4-2)23(28)24-22(20)27)16-19-8-5-7-18(15-19)9-6-10-25-11-13-30-14-12-25/h5,7-8,15H,3-4,10-14,16-17H2,1-2H3,(H,24,27,28). The monoisotopic (exact) mass is 411 g/mol. The van der Waals surface area contributed by atoms with Gasteiger partial charge in [-0.15, -0.1) is 0 Å². The molecule has 0 atom stereocenters. The van der Waals surface area contributed by atoms with E-state index in [0.29, 0.717) is 30.7 Å². The minimum atomic E-state index is -0.442. The van der Waals surface area contributed by atoms with Gasteiger partial charge < -0.3 is 9.47 Å². The first-order valence-electron chi connectivity index (χ1n) is 10.4.